The summed E-state index contributed by atoms with van der Waals surface area (Å²) in [6.07, 6.45) is -0.440. The average molecular weight is 253 g/mol. The van der Waals surface area contributed by atoms with Crippen molar-refractivity contribution in [2.45, 2.75) is 12.8 Å². The summed E-state index contributed by atoms with van der Waals surface area (Å²) in [5.41, 5.74) is 1.01. The Hall–Kier alpha value is -1.99. The molecule has 1 rings (SSSR count). The van der Waals surface area contributed by atoms with Gasteiger partial charge in [-0.25, -0.2) is 0 Å². The molecule has 0 heterocycles. The molecule has 0 saturated heterocycles. The van der Waals surface area contributed by atoms with Gasteiger partial charge < -0.3 is 10.2 Å². The maximum Gasteiger partial charge on any atom is 0.315 e. The van der Waals surface area contributed by atoms with Crippen molar-refractivity contribution >= 4 is 23.5 Å². The minimum atomic E-state index is -1.00. The van der Waals surface area contributed by atoms with Gasteiger partial charge in [0, 0.05) is 10.6 Å². The predicted octanol–water partition coefficient (Wildman–Crippen LogP) is 1.79. The molecule has 0 amide bonds. The number of hydrogen-bond acceptors (Lipinski definition) is 2. The Morgan fingerprint density at radius 3 is 2.53 bits per heavy atom. The van der Waals surface area contributed by atoms with E-state index in [0.717, 1.165) is 0 Å². The Kier molecular flexibility index (Phi) is 4.56. The molecule has 1 aromatic rings. The Morgan fingerprint density at radius 1 is 1.24 bits per heavy atom. The van der Waals surface area contributed by atoms with Gasteiger partial charge in [0.2, 0.25) is 0 Å². The van der Waals surface area contributed by atoms with Gasteiger partial charge in [-0.3, -0.25) is 9.59 Å². The lowest BCUT2D eigenvalue weighted by atomic mass is 10.1. The zero-order chi connectivity index (χ0) is 12.8. The van der Waals surface area contributed by atoms with Crippen molar-refractivity contribution in [2.75, 3.05) is 0 Å². The van der Waals surface area contributed by atoms with Crippen LogP contribution in [0.2, 0.25) is 5.02 Å². The molecule has 0 saturated carbocycles. The molecule has 0 spiro atoms. The van der Waals surface area contributed by atoms with E-state index in [-0.39, 0.29) is 12.8 Å². The molecule has 0 radical (unpaired) electrons. The van der Waals surface area contributed by atoms with E-state index in [1.165, 1.54) is 0 Å². The molecule has 0 unspecified atom stereocenters. The van der Waals surface area contributed by atoms with E-state index >= 15 is 0 Å². The number of carboxylic acid groups (broad SMARTS) is 2. The number of carboxylic acids is 2. The van der Waals surface area contributed by atoms with Gasteiger partial charge >= 0.3 is 11.9 Å². The molecule has 1 aromatic carbocycles. The van der Waals surface area contributed by atoms with Crippen LogP contribution in [0.1, 0.15) is 17.5 Å². The summed E-state index contributed by atoms with van der Waals surface area (Å²) >= 11 is 5.82. The van der Waals surface area contributed by atoms with E-state index in [4.69, 9.17) is 21.8 Å². The first-order valence-electron chi connectivity index (χ1n) is 4.70. The van der Waals surface area contributed by atoms with Crippen LogP contribution in [0.3, 0.4) is 0 Å². The molecule has 0 aliphatic carbocycles. The van der Waals surface area contributed by atoms with Crippen LogP contribution >= 0.6 is 11.6 Å². The fourth-order valence-corrected chi connectivity index (χ4v) is 1.36. The fourth-order valence-electron chi connectivity index (χ4n) is 1.17. The van der Waals surface area contributed by atoms with Gasteiger partial charge in [-0.2, -0.15) is 0 Å². The molecule has 88 valence electrons. The zero-order valence-electron chi connectivity index (χ0n) is 8.74. The maximum atomic E-state index is 10.6. The van der Waals surface area contributed by atoms with Crippen LogP contribution in [0, 0.1) is 11.8 Å². The van der Waals surface area contributed by atoms with E-state index < -0.39 is 11.9 Å². The van der Waals surface area contributed by atoms with E-state index in [2.05, 4.69) is 11.8 Å². The SMILES string of the molecule is O=C(O)CC#Cc1ccc(Cl)c(CC(=O)O)c1. The van der Waals surface area contributed by atoms with Gasteiger partial charge in [-0.15, -0.1) is 0 Å². The van der Waals surface area contributed by atoms with Crippen LogP contribution < -0.4 is 0 Å². The van der Waals surface area contributed by atoms with Crippen molar-refractivity contribution in [2.24, 2.45) is 0 Å². The largest absolute Gasteiger partial charge is 0.481 e. The summed E-state index contributed by atoms with van der Waals surface area (Å²) in [5, 5.41) is 17.4. The lowest BCUT2D eigenvalue weighted by Crippen LogP contribution is -2.01. The fraction of sp³-hybridized carbons (Fsp3) is 0.167. The van der Waals surface area contributed by atoms with E-state index in [9.17, 15) is 9.59 Å². The second-order valence-corrected chi connectivity index (χ2v) is 3.66. The van der Waals surface area contributed by atoms with Crippen molar-refractivity contribution in [1.29, 1.82) is 0 Å². The van der Waals surface area contributed by atoms with Crippen molar-refractivity contribution < 1.29 is 19.8 Å². The molecule has 17 heavy (non-hydrogen) atoms. The second kappa shape index (κ2) is 5.92. The van der Waals surface area contributed by atoms with Crippen LogP contribution in [0.25, 0.3) is 0 Å². The van der Waals surface area contributed by atoms with E-state index in [0.29, 0.717) is 16.1 Å². The first kappa shape index (κ1) is 13.1. The van der Waals surface area contributed by atoms with Crippen LogP contribution in [-0.2, 0) is 16.0 Å². The molecule has 0 atom stereocenters. The highest BCUT2D eigenvalue weighted by atomic mass is 35.5. The number of carbonyl (C=O) groups is 2. The zero-order valence-corrected chi connectivity index (χ0v) is 9.49. The third kappa shape index (κ3) is 4.58. The van der Waals surface area contributed by atoms with Gasteiger partial charge in [-0.1, -0.05) is 23.4 Å². The van der Waals surface area contributed by atoms with Gasteiger partial charge in [-0.05, 0) is 23.8 Å². The highest BCUT2D eigenvalue weighted by molar-refractivity contribution is 6.31. The lowest BCUT2D eigenvalue weighted by molar-refractivity contribution is -0.137. The number of halogens is 1. The highest BCUT2D eigenvalue weighted by Crippen LogP contribution is 2.17. The van der Waals surface area contributed by atoms with Gasteiger partial charge in [0.05, 0.1) is 6.42 Å². The van der Waals surface area contributed by atoms with Gasteiger partial charge in [0.15, 0.2) is 0 Å². The minimum Gasteiger partial charge on any atom is -0.481 e. The molecular formula is C12H9ClO4. The van der Waals surface area contributed by atoms with Crippen LogP contribution in [-0.4, -0.2) is 22.2 Å². The van der Waals surface area contributed by atoms with Crippen molar-refractivity contribution in [3.63, 3.8) is 0 Å². The molecule has 0 fully saturated rings. The Bertz CT molecular complexity index is 511. The smallest absolute Gasteiger partial charge is 0.315 e. The predicted molar refractivity (Wildman–Crippen MR) is 61.9 cm³/mol. The summed E-state index contributed by atoms with van der Waals surface area (Å²) in [6, 6.07) is 4.71. The maximum absolute atomic E-state index is 10.6. The van der Waals surface area contributed by atoms with E-state index in [1.807, 2.05) is 0 Å². The van der Waals surface area contributed by atoms with Crippen molar-refractivity contribution in [1.82, 2.24) is 0 Å². The molecule has 0 aliphatic rings. The number of benzene rings is 1. The Balaban J connectivity index is 2.90. The third-order valence-electron chi connectivity index (χ3n) is 1.86. The van der Waals surface area contributed by atoms with Crippen LogP contribution in [0.15, 0.2) is 18.2 Å². The summed E-state index contributed by atoms with van der Waals surface area (Å²) in [5.74, 6) is 3.11. The summed E-state index contributed by atoms with van der Waals surface area (Å²) in [6.45, 7) is 0. The molecule has 4 nitrogen and oxygen atoms in total. The minimum absolute atomic E-state index is 0.187. The lowest BCUT2D eigenvalue weighted by Gasteiger charge is -2.01. The van der Waals surface area contributed by atoms with E-state index in [1.54, 1.807) is 18.2 Å². The Labute approximate surface area is 103 Å². The average Bonchev–Trinajstić information content (AvgIpc) is 2.21. The van der Waals surface area contributed by atoms with Crippen LogP contribution in [0.4, 0.5) is 0 Å². The summed E-state index contributed by atoms with van der Waals surface area (Å²) < 4.78 is 0. The summed E-state index contributed by atoms with van der Waals surface area (Å²) in [7, 11) is 0. The number of aliphatic carboxylic acids is 2. The van der Waals surface area contributed by atoms with Crippen LogP contribution in [0.5, 0.6) is 0 Å². The molecular weight excluding hydrogens is 244 g/mol. The van der Waals surface area contributed by atoms with Crippen molar-refractivity contribution in [3.8, 4) is 11.8 Å². The monoisotopic (exact) mass is 252 g/mol. The molecule has 5 heteroatoms. The highest BCUT2D eigenvalue weighted by Gasteiger charge is 2.05. The first-order valence-corrected chi connectivity index (χ1v) is 5.07. The molecule has 0 aromatic heterocycles. The van der Waals surface area contributed by atoms with Gasteiger partial charge in [0.25, 0.3) is 0 Å². The Morgan fingerprint density at radius 2 is 1.94 bits per heavy atom. The molecule has 0 aliphatic heterocycles. The third-order valence-corrected chi connectivity index (χ3v) is 2.23. The van der Waals surface area contributed by atoms with Gasteiger partial charge in [0.1, 0.15) is 6.42 Å². The number of hydrogen-bond donors (Lipinski definition) is 2. The second-order valence-electron chi connectivity index (χ2n) is 3.25. The topological polar surface area (TPSA) is 74.6 Å². The summed E-state index contributed by atoms with van der Waals surface area (Å²) in [4.78, 5) is 20.8. The van der Waals surface area contributed by atoms with Crippen molar-refractivity contribution in [3.05, 3.63) is 34.3 Å². The molecule has 0 bridgehead atoms. The molecule has 2 N–H and O–H groups in total. The number of rotatable bonds is 3. The normalized spacial score (nSPS) is 9.24. The standard InChI is InChI=1S/C12H9ClO4/c13-10-5-4-8(2-1-3-11(14)15)6-9(10)7-12(16)17/h4-6H,3,7H2,(H,14,15)(H,16,17). The quantitative estimate of drug-likeness (QED) is 0.805. The first-order chi connectivity index (χ1) is 7.99.